The molecule has 1 atom stereocenters. The lowest BCUT2D eigenvalue weighted by molar-refractivity contribution is -0.134. The third kappa shape index (κ3) is 3.73. The summed E-state index contributed by atoms with van der Waals surface area (Å²) in [4.78, 5) is 12.1. The molecule has 1 N–H and O–H groups in total. The smallest absolute Gasteiger partial charge is 0.240 e. The van der Waals surface area contributed by atoms with Gasteiger partial charge in [-0.2, -0.15) is 5.26 Å². The van der Waals surface area contributed by atoms with Gasteiger partial charge in [-0.1, -0.05) is 39.5 Å². The van der Waals surface area contributed by atoms with Gasteiger partial charge < -0.3 is 5.32 Å². The summed E-state index contributed by atoms with van der Waals surface area (Å²) < 4.78 is 0. The van der Waals surface area contributed by atoms with Crippen molar-refractivity contribution in [3.63, 3.8) is 0 Å². The van der Waals surface area contributed by atoms with E-state index in [1.54, 1.807) is 0 Å². The van der Waals surface area contributed by atoms with E-state index in [1.165, 1.54) is 19.3 Å². The van der Waals surface area contributed by atoms with E-state index in [-0.39, 0.29) is 11.9 Å². The molecule has 0 aliphatic heterocycles. The standard InChI is InChI=1S/C15H26N2O/c1-4-5-6-7-8-13(3)17-14(18)15(11-16)9-12(2)10-15/h12-13H,4-10H2,1-3H3,(H,17,18). The second-order valence-corrected chi connectivity index (χ2v) is 5.93. The van der Waals surface area contributed by atoms with E-state index in [0.29, 0.717) is 5.92 Å². The lowest BCUT2D eigenvalue weighted by atomic mass is 9.63. The van der Waals surface area contributed by atoms with E-state index in [9.17, 15) is 10.1 Å². The van der Waals surface area contributed by atoms with Crippen molar-refractivity contribution in [1.82, 2.24) is 5.32 Å². The van der Waals surface area contributed by atoms with Gasteiger partial charge in [0.1, 0.15) is 5.41 Å². The molecule has 0 aromatic rings. The van der Waals surface area contributed by atoms with E-state index in [0.717, 1.165) is 25.7 Å². The first-order valence-electron chi connectivity index (χ1n) is 7.26. The van der Waals surface area contributed by atoms with Gasteiger partial charge in [0, 0.05) is 6.04 Å². The molecule has 18 heavy (non-hydrogen) atoms. The van der Waals surface area contributed by atoms with Gasteiger partial charge in [-0.15, -0.1) is 0 Å². The lowest BCUT2D eigenvalue weighted by Gasteiger charge is -2.39. The second kappa shape index (κ2) is 6.78. The van der Waals surface area contributed by atoms with Crippen LogP contribution < -0.4 is 5.32 Å². The number of unbranched alkanes of at least 4 members (excludes halogenated alkanes) is 3. The summed E-state index contributed by atoms with van der Waals surface area (Å²) in [5.41, 5.74) is -0.725. The predicted molar refractivity (Wildman–Crippen MR) is 72.8 cm³/mol. The number of hydrogen-bond acceptors (Lipinski definition) is 2. The highest BCUT2D eigenvalue weighted by Gasteiger charge is 2.49. The van der Waals surface area contributed by atoms with Crippen LogP contribution in [0.15, 0.2) is 0 Å². The molecule has 3 heteroatoms. The monoisotopic (exact) mass is 250 g/mol. The minimum Gasteiger partial charge on any atom is -0.352 e. The number of nitriles is 1. The number of hydrogen-bond donors (Lipinski definition) is 1. The number of rotatable bonds is 7. The fourth-order valence-corrected chi connectivity index (χ4v) is 2.77. The topological polar surface area (TPSA) is 52.9 Å². The Kier molecular flexibility index (Phi) is 5.65. The van der Waals surface area contributed by atoms with Gasteiger partial charge in [0.2, 0.25) is 5.91 Å². The van der Waals surface area contributed by atoms with Crippen molar-refractivity contribution in [3.05, 3.63) is 0 Å². The molecule has 0 heterocycles. The first-order valence-corrected chi connectivity index (χ1v) is 7.26. The molecule has 1 saturated carbocycles. The van der Waals surface area contributed by atoms with Crippen molar-refractivity contribution in [2.75, 3.05) is 0 Å². The van der Waals surface area contributed by atoms with Crippen LogP contribution in [0.3, 0.4) is 0 Å². The molecule has 0 radical (unpaired) electrons. The molecule has 1 amide bonds. The van der Waals surface area contributed by atoms with Crippen LogP contribution in [0.2, 0.25) is 0 Å². The predicted octanol–water partition coefficient (Wildman–Crippen LogP) is 3.40. The van der Waals surface area contributed by atoms with E-state index in [4.69, 9.17) is 0 Å². The molecule has 1 rings (SSSR count). The van der Waals surface area contributed by atoms with E-state index in [1.807, 2.05) is 6.92 Å². The minimum atomic E-state index is -0.725. The molecule has 0 spiro atoms. The Balaban J connectivity index is 2.29. The summed E-state index contributed by atoms with van der Waals surface area (Å²) in [6, 6.07) is 2.41. The summed E-state index contributed by atoms with van der Waals surface area (Å²) in [6.07, 6.45) is 7.34. The van der Waals surface area contributed by atoms with Crippen molar-refractivity contribution in [3.8, 4) is 6.07 Å². The quantitative estimate of drug-likeness (QED) is 0.704. The Hall–Kier alpha value is -1.04. The van der Waals surface area contributed by atoms with Crippen LogP contribution in [-0.2, 0) is 4.79 Å². The molecule has 3 nitrogen and oxygen atoms in total. The Labute approximate surface area is 111 Å². The van der Waals surface area contributed by atoms with Gasteiger partial charge in [0.05, 0.1) is 6.07 Å². The number of nitrogens with zero attached hydrogens (tertiary/aromatic N) is 1. The first-order chi connectivity index (χ1) is 8.54. The fraction of sp³-hybridized carbons (Fsp3) is 0.867. The third-order valence-electron chi connectivity index (χ3n) is 3.91. The molecular weight excluding hydrogens is 224 g/mol. The third-order valence-corrected chi connectivity index (χ3v) is 3.91. The molecule has 1 fully saturated rings. The number of carbonyl (C=O) groups excluding carboxylic acids is 1. The van der Waals surface area contributed by atoms with Crippen LogP contribution in [0.4, 0.5) is 0 Å². The summed E-state index contributed by atoms with van der Waals surface area (Å²) >= 11 is 0. The zero-order valence-corrected chi connectivity index (χ0v) is 12.0. The molecule has 0 saturated heterocycles. The zero-order valence-electron chi connectivity index (χ0n) is 12.0. The average Bonchev–Trinajstić information content (AvgIpc) is 2.30. The van der Waals surface area contributed by atoms with Crippen LogP contribution in [0.1, 0.15) is 65.7 Å². The highest BCUT2D eigenvalue weighted by molar-refractivity contribution is 5.86. The summed E-state index contributed by atoms with van der Waals surface area (Å²) in [6.45, 7) is 6.33. The van der Waals surface area contributed by atoms with Crippen molar-refractivity contribution < 1.29 is 4.79 Å². The van der Waals surface area contributed by atoms with Crippen LogP contribution in [0.25, 0.3) is 0 Å². The molecule has 0 bridgehead atoms. The maximum absolute atomic E-state index is 12.1. The van der Waals surface area contributed by atoms with Crippen molar-refractivity contribution in [2.45, 2.75) is 71.8 Å². The second-order valence-electron chi connectivity index (χ2n) is 5.93. The Morgan fingerprint density at radius 2 is 2.11 bits per heavy atom. The molecule has 0 aromatic heterocycles. The SMILES string of the molecule is CCCCCCC(C)NC(=O)C1(C#N)CC(C)C1. The Bertz CT molecular complexity index is 313. The van der Waals surface area contributed by atoms with Gasteiger partial charge in [0.15, 0.2) is 0 Å². The normalized spacial score (nSPS) is 28.0. The highest BCUT2D eigenvalue weighted by atomic mass is 16.2. The van der Waals surface area contributed by atoms with Crippen LogP contribution in [0.5, 0.6) is 0 Å². The molecule has 0 aromatic carbocycles. The molecule has 1 aliphatic carbocycles. The van der Waals surface area contributed by atoms with Crippen LogP contribution in [0, 0.1) is 22.7 Å². The summed E-state index contributed by atoms with van der Waals surface area (Å²) in [7, 11) is 0. The van der Waals surface area contributed by atoms with Crippen LogP contribution in [-0.4, -0.2) is 11.9 Å². The van der Waals surface area contributed by atoms with Gasteiger partial charge in [-0.25, -0.2) is 0 Å². The van der Waals surface area contributed by atoms with Crippen molar-refractivity contribution in [1.29, 1.82) is 5.26 Å². The van der Waals surface area contributed by atoms with Crippen molar-refractivity contribution in [2.24, 2.45) is 11.3 Å². The van der Waals surface area contributed by atoms with Crippen molar-refractivity contribution >= 4 is 5.91 Å². The first kappa shape index (κ1) is 15.0. The number of carbonyl (C=O) groups is 1. The van der Waals surface area contributed by atoms with E-state index in [2.05, 4.69) is 25.2 Å². The Morgan fingerprint density at radius 1 is 1.44 bits per heavy atom. The highest BCUT2D eigenvalue weighted by Crippen LogP contribution is 2.45. The zero-order chi connectivity index (χ0) is 13.6. The average molecular weight is 250 g/mol. The van der Waals surface area contributed by atoms with E-state index >= 15 is 0 Å². The van der Waals surface area contributed by atoms with Crippen LogP contribution >= 0.6 is 0 Å². The number of amides is 1. The van der Waals surface area contributed by atoms with Gasteiger partial charge >= 0.3 is 0 Å². The summed E-state index contributed by atoms with van der Waals surface area (Å²) in [5.74, 6) is 0.460. The lowest BCUT2D eigenvalue weighted by Crippen LogP contribution is -2.50. The molecular formula is C15H26N2O. The molecule has 1 aliphatic rings. The van der Waals surface area contributed by atoms with Gasteiger partial charge in [-0.05, 0) is 32.1 Å². The number of nitrogens with one attached hydrogen (secondary N) is 1. The Morgan fingerprint density at radius 3 is 2.61 bits per heavy atom. The molecule has 102 valence electrons. The van der Waals surface area contributed by atoms with Gasteiger partial charge in [0.25, 0.3) is 0 Å². The fourth-order valence-electron chi connectivity index (χ4n) is 2.77. The largest absolute Gasteiger partial charge is 0.352 e. The summed E-state index contributed by atoms with van der Waals surface area (Å²) in [5, 5.41) is 12.2. The minimum absolute atomic E-state index is 0.0499. The maximum Gasteiger partial charge on any atom is 0.240 e. The molecule has 1 unspecified atom stereocenters. The maximum atomic E-state index is 12.1. The van der Waals surface area contributed by atoms with E-state index < -0.39 is 5.41 Å². The van der Waals surface area contributed by atoms with Gasteiger partial charge in [-0.3, -0.25) is 4.79 Å².